The van der Waals surface area contributed by atoms with E-state index in [1.807, 2.05) is 48.6 Å². The molecule has 0 saturated carbocycles. The van der Waals surface area contributed by atoms with Gasteiger partial charge in [0, 0.05) is 6.42 Å². The molecule has 6 heteroatoms. The van der Waals surface area contributed by atoms with E-state index in [1.165, 1.54) is 96.3 Å². The Hall–Kier alpha value is -3.22. The van der Waals surface area contributed by atoms with Crippen LogP contribution in [-0.4, -0.2) is 46.9 Å². The molecule has 3 unspecified atom stereocenters. The van der Waals surface area contributed by atoms with Crippen LogP contribution in [0.5, 0.6) is 0 Å². The standard InChI is InChI=1S/C57H97NO5/c1-4-7-10-13-16-19-22-25-26-27-28-29-32-35-38-41-44-47-50-57(62)63-53(48-45-42-39-36-33-30-23-20-17-14-11-8-5-2)51-56(61)58-54(52-59)55(60)49-46-43-40-37-34-31-24-21-18-15-12-9-6-3/h8,11,14,17,20,22-23,25-30,33,36,39,53-55,59-60H,4-7,9-10,12-13,15-16,18-19,21,24,31-32,34-35,37-38,40-52H2,1-3H3,(H,58,61)/b11-8+,17-14+,23-20-,25-22+,27-26+,29-28+,33-30-,39-36+. The van der Waals surface area contributed by atoms with Crippen LogP contribution in [0, 0.1) is 0 Å². The molecule has 0 aliphatic heterocycles. The highest BCUT2D eigenvalue weighted by atomic mass is 16.5. The number of hydrogen-bond donors (Lipinski definition) is 3. The zero-order chi connectivity index (χ0) is 45.9. The van der Waals surface area contributed by atoms with Gasteiger partial charge in [-0.05, 0) is 64.2 Å². The number of allylic oxidation sites excluding steroid dienone is 16. The molecule has 0 rings (SSSR count). The van der Waals surface area contributed by atoms with Gasteiger partial charge in [0.1, 0.15) is 6.10 Å². The molecule has 0 aromatic carbocycles. The molecule has 0 aromatic heterocycles. The molecule has 0 aromatic rings. The first-order chi connectivity index (χ1) is 31.0. The Balaban J connectivity index is 4.71. The highest BCUT2D eigenvalue weighted by Gasteiger charge is 2.24. The van der Waals surface area contributed by atoms with Crippen LogP contribution < -0.4 is 5.32 Å². The summed E-state index contributed by atoms with van der Waals surface area (Å²) in [7, 11) is 0. The fourth-order valence-electron chi connectivity index (χ4n) is 7.40. The highest BCUT2D eigenvalue weighted by molar-refractivity contribution is 5.77. The van der Waals surface area contributed by atoms with Gasteiger partial charge in [0.2, 0.25) is 5.91 Å². The second-order valence-corrected chi connectivity index (χ2v) is 17.4. The molecule has 63 heavy (non-hydrogen) atoms. The van der Waals surface area contributed by atoms with E-state index >= 15 is 0 Å². The average molecular weight is 876 g/mol. The molecule has 0 aliphatic rings. The fourth-order valence-corrected chi connectivity index (χ4v) is 7.40. The summed E-state index contributed by atoms with van der Waals surface area (Å²) in [6.45, 7) is 6.29. The minimum Gasteiger partial charge on any atom is -0.462 e. The molecule has 1 amide bonds. The minimum absolute atomic E-state index is 0.0151. The predicted octanol–water partition coefficient (Wildman–Crippen LogP) is 15.7. The Morgan fingerprint density at radius 1 is 0.476 bits per heavy atom. The molecule has 3 N–H and O–H groups in total. The largest absolute Gasteiger partial charge is 0.462 e. The zero-order valence-corrected chi connectivity index (χ0v) is 40.9. The van der Waals surface area contributed by atoms with E-state index < -0.39 is 18.2 Å². The van der Waals surface area contributed by atoms with Crippen molar-refractivity contribution in [1.82, 2.24) is 5.32 Å². The van der Waals surface area contributed by atoms with Gasteiger partial charge < -0.3 is 20.3 Å². The summed E-state index contributed by atoms with van der Waals surface area (Å²) in [5.74, 6) is -0.575. The second kappa shape index (κ2) is 49.8. The number of unbranched alkanes of at least 4 members (excludes halogenated alkanes) is 23. The molecule has 0 bridgehead atoms. The quantitative estimate of drug-likeness (QED) is 0.0322. The van der Waals surface area contributed by atoms with Crippen LogP contribution in [0.3, 0.4) is 0 Å². The second-order valence-electron chi connectivity index (χ2n) is 17.4. The number of carbonyl (C=O) groups excluding carboxylic acids is 2. The third kappa shape index (κ3) is 45.2. The van der Waals surface area contributed by atoms with Gasteiger partial charge in [0.25, 0.3) is 0 Å². The van der Waals surface area contributed by atoms with Crippen LogP contribution in [0.25, 0.3) is 0 Å². The van der Waals surface area contributed by atoms with Crippen LogP contribution in [-0.2, 0) is 14.3 Å². The monoisotopic (exact) mass is 876 g/mol. The zero-order valence-electron chi connectivity index (χ0n) is 40.9. The van der Waals surface area contributed by atoms with Crippen molar-refractivity contribution in [1.29, 1.82) is 0 Å². The molecule has 3 atom stereocenters. The normalized spacial score (nSPS) is 14.0. The summed E-state index contributed by atoms with van der Waals surface area (Å²) in [5, 5.41) is 23.7. The summed E-state index contributed by atoms with van der Waals surface area (Å²) < 4.78 is 5.89. The van der Waals surface area contributed by atoms with Crippen LogP contribution in [0.1, 0.15) is 226 Å². The molecule has 0 fully saturated rings. The number of nitrogens with one attached hydrogen (secondary N) is 1. The van der Waals surface area contributed by atoms with E-state index in [1.54, 1.807) is 0 Å². The maximum Gasteiger partial charge on any atom is 0.306 e. The van der Waals surface area contributed by atoms with Crippen molar-refractivity contribution >= 4 is 11.9 Å². The summed E-state index contributed by atoms with van der Waals surface area (Å²) >= 11 is 0. The van der Waals surface area contributed by atoms with Gasteiger partial charge in [-0.25, -0.2) is 0 Å². The number of hydrogen-bond acceptors (Lipinski definition) is 5. The van der Waals surface area contributed by atoms with E-state index in [-0.39, 0.29) is 24.9 Å². The maximum absolute atomic E-state index is 13.2. The number of aliphatic hydroxyl groups excluding tert-OH is 2. The third-order valence-electron chi connectivity index (χ3n) is 11.3. The summed E-state index contributed by atoms with van der Waals surface area (Å²) in [6, 6.07) is -0.734. The molecule has 360 valence electrons. The lowest BCUT2D eigenvalue weighted by Crippen LogP contribution is -2.46. The molecule has 0 saturated heterocycles. The highest BCUT2D eigenvalue weighted by Crippen LogP contribution is 2.17. The van der Waals surface area contributed by atoms with Gasteiger partial charge in [-0.2, -0.15) is 0 Å². The first-order valence-electron chi connectivity index (χ1n) is 26.1. The Labute approximate surface area is 388 Å². The number of rotatable bonds is 45. The van der Waals surface area contributed by atoms with Gasteiger partial charge in [-0.3, -0.25) is 9.59 Å². The van der Waals surface area contributed by atoms with Crippen molar-refractivity contribution in [2.24, 2.45) is 0 Å². The Kier molecular flexibility index (Phi) is 47.2. The van der Waals surface area contributed by atoms with Gasteiger partial charge in [0.15, 0.2) is 0 Å². The Bertz CT molecular complexity index is 1260. The third-order valence-corrected chi connectivity index (χ3v) is 11.3. The number of ether oxygens (including phenoxy) is 1. The molecule has 0 spiro atoms. The molecular formula is C57H97NO5. The Morgan fingerprint density at radius 2 is 0.873 bits per heavy atom. The lowest BCUT2D eigenvalue weighted by atomic mass is 10.0. The summed E-state index contributed by atoms with van der Waals surface area (Å²) in [5.41, 5.74) is 0. The van der Waals surface area contributed by atoms with Crippen LogP contribution >= 0.6 is 0 Å². The van der Waals surface area contributed by atoms with Crippen molar-refractivity contribution in [2.45, 2.75) is 244 Å². The van der Waals surface area contributed by atoms with Gasteiger partial charge >= 0.3 is 5.97 Å². The number of amides is 1. The van der Waals surface area contributed by atoms with Crippen molar-refractivity contribution in [3.63, 3.8) is 0 Å². The average Bonchev–Trinajstić information content (AvgIpc) is 3.28. The number of esters is 1. The van der Waals surface area contributed by atoms with E-state index in [0.717, 1.165) is 83.5 Å². The van der Waals surface area contributed by atoms with Gasteiger partial charge in [0.05, 0.1) is 25.2 Å². The van der Waals surface area contributed by atoms with Gasteiger partial charge in [-0.15, -0.1) is 0 Å². The van der Waals surface area contributed by atoms with Crippen LogP contribution in [0.2, 0.25) is 0 Å². The lowest BCUT2D eigenvalue weighted by molar-refractivity contribution is -0.151. The lowest BCUT2D eigenvalue weighted by Gasteiger charge is -2.24. The smallest absolute Gasteiger partial charge is 0.306 e. The SMILES string of the molecule is CC/C=C/C=C/C=C\C=C/C=C/CCCC(CC(=O)NC(CO)C(O)CCCCCCCCCCCCCCC)OC(=O)CCCCCCC/C=C/C=C/C=C/CCCCCCC. The molecule has 0 aliphatic carbocycles. The van der Waals surface area contributed by atoms with E-state index in [9.17, 15) is 19.8 Å². The molecule has 6 nitrogen and oxygen atoms in total. The molecule has 0 heterocycles. The number of carbonyl (C=O) groups is 2. The topological polar surface area (TPSA) is 95.9 Å². The number of aliphatic hydroxyl groups is 2. The van der Waals surface area contributed by atoms with Crippen LogP contribution in [0.15, 0.2) is 97.2 Å². The van der Waals surface area contributed by atoms with Crippen molar-refractivity contribution in [3.05, 3.63) is 97.2 Å². The minimum atomic E-state index is -0.815. The summed E-state index contributed by atoms with van der Waals surface area (Å²) in [6.07, 6.45) is 66.1. The van der Waals surface area contributed by atoms with Crippen LogP contribution in [0.4, 0.5) is 0 Å². The fraction of sp³-hybridized carbons (Fsp3) is 0.684. The summed E-state index contributed by atoms with van der Waals surface area (Å²) in [4.78, 5) is 26.1. The van der Waals surface area contributed by atoms with Crippen molar-refractivity contribution in [2.75, 3.05) is 6.61 Å². The van der Waals surface area contributed by atoms with E-state index in [2.05, 4.69) is 74.7 Å². The Morgan fingerprint density at radius 3 is 1.33 bits per heavy atom. The van der Waals surface area contributed by atoms with Crippen molar-refractivity contribution < 1.29 is 24.5 Å². The predicted molar refractivity (Wildman–Crippen MR) is 273 cm³/mol. The molecule has 0 radical (unpaired) electrons. The van der Waals surface area contributed by atoms with Crippen molar-refractivity contribution in [3.8, 4) is 0 Å². The first kappa shape index (κ1) is 59.8. The van der Waals surface area contributed by atoms with Gasteiger partial charge in [-0.1, -0.05) is 246 Å². The van der Waals surface area contributed by atoms with E-state index in [0.29, 0.717) is 19.3 Å². The maximum atomic E-state index is 13.2. The first-order valence-corrected chi connectivity index (χ1v) is 26.1. The van der Waals surface area contributed by atoms with E-state index in [4.69, 9.17) is 4.74 Å². The molecular weight excluding hydrogens is 779 g/mol.